The van der Waals surface area contributed by atoms with Crippen molar-refractivity contribution in [3.05, 3.63) is 83.6 Å². The summed E-state index contributed by atoms with van der Waals surface area (Å²) in [7, 11) is 1.65. The Labute approximate surface area is 203 Å². The lowest BCUT2D eigenvalue weighted by Crippen LogP contribution is -2.24. The fourth-order valence-electron chi connectivity index (χ4n) is 4.51. The van der Waals surface area contributed by atoms with E-state index in [-0.39, 0.29) is 11.8 Å². The average molecular weight is 476 g/mol. The Bertz CT molecular complexity index is 1300. The quantitative estimate of drug-likeness (QED) is 0.307. The van der Waals surface area contributed by atoms with Gasteiger partial charge in [0.2, 0.25) is 5.91 Å². The zero-order chi connectivity index (χ0) is 23.5. The fourth-order valence-corrected chi connectivity index (χ4v) is 4.75. The molecule has 0 aliphatic carbocycles. The van der Waals surface area contributed by atoms with Crippen molar-refractivity contribution in [3.8, 4) is 11.5 Å². The second-order valence-corrected chi connectivity index (χ2v) is 8.75. The Balaban J connectivity index is 1.33. The lowest BCUT2D eigenvalue weighted by molar-refractivity contribution is -0.117. The van der Waals surface area contributed by atoms with Gasteiger partial charge in [-0.2, -0.15) is 0 Å². The second kappa shape index (κ2) is 9.77. The van der Waals surface area contributed by atoms with Gasteiger partial charge in [-0.05, 0) is 55.0 Å². The highest BCUT2D eigenvalue weighted by molar-refractivity contribution is 6.33. The van der Waals surface area contributed by atoms with Crippen LogP contribution < -0.4 is 14.4 Å². The molecule has 0 spiro atoms. The largest absolute Gasteiger partial charge is 0.497 e. The molecule has 0 radical (unpaired) electrons. The number of aromatic nitrogens is 2. The van der Waals surface area contributed by atoms with E-state index in [0.717, 1.165) is 47.0 Å². The van der Waals surface area contributed by atoms with E-state index < -0.39 is 0 Å². The topological polar surface area (TPSA) is 56.6 Å². The number of rotatable bonds is 8. The van der Waals surface area contributed by atoms with Crippen LogP contribution in [0.25, 0.3) is 11.0 Å². The van der Waals surface area contributed by atoms with Gasteiger partial charge in [0.1, 0.15) is 17.3 Å². The average Bonchev–Trinajstić information content (AvgIpc) is 3.43. The molecule has 1 aliphatic rings. The summed E-state index contributed by atoms with van der Waals surface area (Å²) in [5, 5.41) is 0.584. The van der Waals surface area contributed by atoms with Crippen molar-refractivity contribution < 1.29 is 14.3 Å². The minimum atomic E-state index is -0.00122. The summed E-state index contributed by atoms with van der Waals surface area (Å²) in [4.78, 5) is 19.6. The second-order valence-electron chi connectivity index (χ2n) is 8.34. The van der Waals surface area contributed by atoms with Crippen molar-refractivity contribution in [1.82, 2.24) is 9.55 Å². The van der Waals surface area contributed by atoms with Crippen LogP contribution in [0, 0.1) is 0 Å². The smallest absolute Gasteiger partial charge is 0.227 e. The molecule has 1 aliphatic heterocycles. The lowest BCUT2D eigenvalue weighted by Gasteiger charge is -2.18. The van der Waals surface area contributed by atoms with E-state index in [9.17, 15) is 4.79 Å². The Hall–Kier alpha value is -3.51. The number of halogens is 1. The van der Waals surface area contributed by atoms with Gasteiger partial charge in [0.05, 0.1) is 35.5 Å². The van der Waals surface area contributed by atoms with Gasteiger partial charge in [-0.15, -0.1) is 0 Å². The number of benzene rings is 3. The standard InChI is InChI=1S/C27H26ClN3O3/c1-33-20-11-13-21(14-12-20)34-16-6-15-30-25-10-5-3-8-23(25)29-27(30)19-17-26(32)31(18-19)24-9-4-2-7-22(24)28/h2-5,7-14,19H,6,15-18H2,1H3/t19-/m0/s1. The molecule has 0 bridgehead atoms. The number of nitrogens with zero attached hydrogens (tertiary/aromatic N) is 3. The summed E-state index contributed by atoms with van der Waals surface area (Å²) in [5.74, 6) is 2.62. The number of carbonyl (C=O) groups excluding carboxylic acids is 1. The van der Waals surface area contributed by atoms with Crippen LogP contribution in [0.2, 0.25) is 5.02 Å². The molecule has 5 rings (SSSR count). The minimum Gasteiger partial charge on any atom is -0.497 e. The van der Waals surface area contributed by atoms with Crippen LogP contribution in [0.4, 0.5) is 5.69 Å². The van der Waals surface area contributed by atoms with Gasteiger partial charge in [0, 0.05) is 25.4 Å². The summed E-state index contributed by atoms with van der Waals surface area (Å²) in [6, 6.07) is 23.2. The number of hydrogen-bond donors (Lipinski definition) is 0. The molecule has 1 amide bonds. The number of amides is 1. The van der Waals surface area contributed by atoms with Crippen LogP contribution in [-0.4, -0.2) is 35.7 Å². The first-order valence-corrected chi connectivity index (χ1v) is 11.8. The number of methoxy groups -OCH3 is 1. The van der Waals surface area contributed by atoms with Crippen LogP contribution >= 0.6 is 11.6 Å². The highest BCUT2D eigenvalue weighted by Crippen LogP contribution is 2.36. The molecular weight excluding hydrogens is 450 g/mol. The molecule has 6 nitrogen and oxygen atoms in total. The fraction of sp³-hybridized carbons (Fsp3) is 0.259. The molecule has 4 aromatic rings. The molecule has 0 N–H and O–H groups in total. The first-order chi connectivity index (χ1) is 16.6. The van der Waals surface area contributed by atoms with Crippen LogP contribution in [0.15, 0.2) is 72.8 Å². The van der Waals surface area contributed by atoms with E-state index in [1.165, 1.54) is 0 Å². The van der Waals surface area contributed by atoms with Gasteiger partial charge in [-0.1, -0.05) is 35.9 Å². The number of carbonyl (C=O) groups is 1. The van der Waals surface area contributed by atoms with Crippen LogP contribution in [0.3, 0.4) is 0 Å². The Morgan fingerprint density at radius 3 is 2.53 bits per heavy atom. The van der Waals surface area contributed by atoms with E-state index in [0.29, 0.717) is 24.6 Å². The predicted octanol–water partition coefficient (Wildman–Crippen LogP) is 5.69. The Morgan fingerprint density at radius 1 is 1.00 bits per heavy atom. The number of ether oxygens (including phenoxy) is 2. The highest BCUT2D eigenvalue weighted by Gasteiger charge is 2.35. The van der Waals surface area contributed by atoms with Crippen molar-refractivity contribution in [2.24, 2.45) is 0 Å². The van der Waals surface area contributed by atoms with Gasteiger partial charge >= 0.3 is 0 Å². The van der Waals surface area contributed by atoms with E-state index in [1.807, 2.05) is 66.7 Å². The van der Waals surface area contributed by atoms with Gasteiger partial charge in [0.25, 0.3) is 0 Å². The van der Waals surface area contributed by atoms with Gasteiger partial charge < -0.3 is 18.9 Å². The SMILES string of the molecule is COc1ccc(OCCCn2c([C@H]3CC(=O)N(c4ccccc4Cl)C3)nc3ccccc32)cc1. The Morgan fingerprint density at radius 2 is 1.74 bits per heavy atom. The first-order valence-electron chi connectivity index (χ1n) is 11.4. The Kier molecular flexibility index (Phi) is 6.41. The summed E-state index contributed by atoms with van der Waals surface area (Å²) < 4.78 is 13.4. The van der Waals surface area contributed by atoms with Crippen molar-refractivity contribution in [2.75, 3.05) is 25.2 Å². The molecule has 1 aromatic heterocycles. The zero-order valence-electron chi connectivity index (χ0n) is 19.0. The third-order valence-corrected chi connectivity index (χ3v) is 6.49. The maximum Gasteiger partial charge on any atom is 0.227 e. The molecular formula is C27H26ClN3O3. The van der Waals surface area contributed by atoms with Gasteiger partial charge in [0.15, 0.2) is 0 Å². The van der Waals surface area contributed by atoms with Gasteiger partial charge in [-0.3, -0.25) is 4.79 Å². The summed E-state index contributed by atoms with van der Waals surface area (Å²) in [6.07, 6.45) is 1.23. The highest BCUT2D eigenvalue weighted by atomic mass is 35.5. The number of anilines is 1. The molecule has 34 heavy (non-hydrogen) atoms. The number of aryl methyl sites for hydroxylation is 1. The maximum atomic E-state index is 12.9. The molecule has 2 heterocycles. The van der Waals surface area contributed by atoms with Crippen molar-refractivity contribution in [2.45, 2.75) is 25.3 Å². The number of hydrogen-bond acceptors (Lipinski definition) is 4. The molecule has 1 atom stereocenters. The van der Waals surface area contributed by atoms with Crippen molar-refractivity contribution in [3.63, 3.8) is 0 Å². The maximum absolute atomic E-state index is 12.9. The molecule has 1 fully saturated rings. The van der Waals surface area contributed by atoms with E-state index in [2.05, 4.69) is 10.6 Å². The number of para-hydroxylation sites is 3. The molecule has 0 unspecified atom stereocenters. The number of fused-ring (bicyclic) bond motifs is 1. The van der Waals surface area contributed by atoms with E-state index in [1.54, 1.807) is 12.0 Å². The lowest BCUT2D eigenvalue weighted by atomic mass is 10.1. The summed E-state index contributed by atoms with van der Waals surface area (Å²) in [6.45, 7) is 1.89. The summed E-state index contributed by atoms with van der Waals surface area (Å²) in [5.41, 5.74) is 2.77. The van der Waals surface area contributed by atoms with E-state index in [4.69, 9.17) is 26.1 Å². The molecule has 7 heteroatoms. The molecule has 174 valence electrons. The molecule has 0 saturated carbocycles. The van der Waals surface area contributed by atoms with Crippen molar-refractivity contribution >= 4 is 34.2 Å². The third-order valence-electron chi connectivity index (χ3n) is 6.17. The molecule has 3 aromatic carbocycles. The van der Waals surface area contributed by atoms with Crippen molar-refractivity contribution in [1.29, 1.82) is 0 Å². The van der Waals surface area contributed by atoms with Crippen LogP contribution in [0.1, 0.15) is 24.6 Å². The van der Waals surface area contributed by atoms with Gasteiger partial charge in [-0.25, -0.2) is 4.98 Å². The normalized spacial score (nSPS) is 15.8. The third kappa shape index (κ3) is 4.46. The van der Waals surface area contributed by atoms with E-state index >= 15 is 0 Å². The predicted molar refractivity (Wildman–Crippen MR) is 134 cm³/mol. The molecule has 1 saturated heterocycles. The summed E-state index contributed by atoms with van der Waals surface area (Å²) >= 11 is 6.38. The number of imidazole rings is 1. The van der Waals surface area contributed by atoms with Crippen LogP contribution in [-0.2, 0) is 11.3 Å². The first kappa shape index (κ1) is 22.3. The monoisotopic (exact) mass is 475 g/mol. The minimum absolute atomic E-state index is 0.00122. The zero-order valence-corrected chi connectivity index (χ0v) is 19.7. The van der Waals surface area contributed by atoms with Crippen LogP contribution in [0.5, 0.6) is 11.5 Å².